The van der Waals surface area contributed by atoms with Crippen LogP contribution in [0.4, 0.5) is 4.79 Å². The Bertz CT molecular complexity index is 746. The minimum absolute atomic E-state index is 0.143. The zero-order valence-corrected chi connectivity index (χ0v) is 17.3. The first-order valence-corrected chi connectivity index (χ1v) is 10.7. The number of carbonyl (C=O) groups excluding carboxylic acids is 1. The van der Waals surface area contributed by atoms with Gasteiger partial charge in [-0.25, -0.2) is 13.2 Å². The number of benzene rings is 1. The van der Waals surface area contributed by atoms with Gasteiger partial charge in [-0.05, 0) is 45.2 Å². The van der Waals surface area contributed by atoms with Crippen molar-refractivity contribution in [3.8, 4) is 0 Å². The molecule has 8 heteroatoms. The van der Waals surface area contributed by atoms with Crippen molar-refractivity contribution >= 4 is 27.7 Å². The van der Waals surface area contributed by atoms with Gasteiger partial charge < -0.3 is 9.64 Å². The highest BCUT2D eigenvalue weighted by atomic mass is 35.5. The van der Waals surface area contributed by atoms with Gasteiger partial charge in [-0.1, -0.05) is 29.8 Å². The van der Waals surface area contributed by atoms with E-state index in [1.54, 1.807) is 52.1 Å². The highest BCUT2D eigenvalue weighted by molar-refractivity contribution is 7.88. The summed E-state index contributed by atoms with van der Waals surface area (Å²) in [6.45, 7) is 6.13. The molecule has 2 rings (SSSR count). The second kappa shape index (κ2) is 8.15. The van der Waals surface area contributed by atoms with Crippen molar-refractivity contribution < 1.29 is 17.9 Å². The van der Waals surface area contributed by atoms with Crippen LogP contribution in [0.2, 0.25) is 5.02 Å². The van der Waals surface area contributed by atoms with Gasteiger partial charge in [-0.3, -0.25) is 0 Å². The standard InChI is InChI=1S/C18H27ClN2O4S/c1-18(2,3)25-17(22)20(4)15-9-7-11-21(12-15)26(23,24)13-14-8-5-6-10-16(14)19/h5-6,8,10,15H,7,9,11-13H2,1-4H3/t15-/m0/s1. The smallest absolute Gasteiger partial charge is 0.410 e. The van der Waals surface area contributed by atoms with E-state index in [0.29, 0.717) is 23.6 Å². The van der Waals surface area contributed by atoms with Crippen molar-refractivity contribution in [2.24, 2.45) is 0 Å². The van der Waals surface area contributed by atoms with Gasteiger partial charge in [0.25, 0.3) is 0 Å². The molecule has 0 aliphatic carbocycles. The molecule has 0 radical (unpaired) electrons. The average molecular weight is 403 g/mol. The maximum atomic E-state index is 12.8. The molecule has 1 aliphatic heterocycles. The minimum Gasteiger partial charge on any atom is -0.444 e. The van der Waals surface area contributed by atoms with E-state index in [-0.39, 0.29) is 18.3 Å². The second-order valence-corrected chi connectivity index (χ2v) is 9.97. The SMILES string of the molecule is CN(C(=O)OC(C)(C)C)[C@H]1CCCN(S(=O)(=O)Cc2ccccc2Cl)C1. The monoisotopic (exact) mass is 402 g/mol. The number of likely N-dealkylation sites (N-methyl/N-ethyl adjacent to an activating group) is 1. The maximum Gasteiger partial charge on any atom is 0.410 e. The van der Waals surface area contributed by atoms with Gasteiger partial charge in [-0.2, -0.15) is 4.31 Å². The lowest BCUT2D eigenvalue weighted by molar-refractivity contribution is 0.0173. The van der Waals surface area contributed by atoms with Crippen molar-refractivity contribution in [1.29, 1.82) is 0 Å². The van der Waals surface area contributed by atoms with Crippen LogP contribution in [0.3, 0.4) is 0 Å². The Morgan fingerprint density at radius 3 is 2.62 bits per heavy atom. The Kier molecular flexibility index (Phi) is 6.58. The molecule has 0 bridgehead atoms. The summed E-state index contributed by atoms with van der Waals surface area (Å²) >= 11 is 6.10. The summed E-state index contributed by atoms with van der Waals surface area (Å²) in [5.41, 5.74) is -0.00711. The summed E-state index contributed by atoms with van der Waals surface area (Å²) in [5.74, 6) is -0.143. The van der Waals surface area contributed by atoms with Crippen LogP contribution in [-0.4, -0.2) is 55.5 Å². The van der Waals surface area contributed by atoms with E-state index in [4.69, 9.17) is 16.3 Å². The number of hydrogen-bond donors (Lipinski definition) is 0. The summed E-state index contributed by atoms with van der Waals surface area (Å²) in [5, 5.41) is 0.440. The van der Waals surface area contributed by atoms with E-state index < -0.39 is 21.7 Å². The summed E-state index contributed by atoms with van der Waals surface area (Å²) in [7, 11) is -1.86. The lowest BCUT2D eigenvalue weighted by atomic mass is 10.1. The molecule has 1 aliphatic rings. The number of amides is 1. The number of halogens is 1. The number of rotatable bonds is 4. The Morgan fingerprint density at radius 1 is 1.35 bits per heavy atom. The van der Waals surface area contributed by atoms with Crippen molar-refractivity contribution in [2.45, 2.75) is 51.0 Å². The van der Waals surface area contributed by atoms with E-state index in [1.807, 2.05) is 0 Å². The Balaban J connectivity index is 2.07. The zero-order chi connectivity index (χ0) is 19.5. The minimum atomic E-state index is -3.52. The van der Waals surface area contributed by atoms with Crippen LogP contribution in [0.15, 0.2) is 24.3 Å². The lowest BCUT2D eigenvalue weighted by Crippen LogP contribution is -2.51. The summed E-state index contributed by atoms with van der Waals surface area (Å²) in [6, 6.07) is 6.73. The number of ether oxygens (including phenoxy) is 1. The molecular formula is C18H27ClN2O4S. The van der Waals surface area contributed by atoms with E-state index >= 15 is 0 Å². The van der Waals surface area contributed by atoms with E-state index in [1.165, 1.54) is 9.21 Å². The summed E-state index contributed by atoms with van der Waals surface area (Å²) in [6.07, 6.45) is 1.00. The fraction of sp³-hybridized carbons (Fsp3) is 0.611. The molecule has 0 N–H and O–H groups in total. The highest BCUT2D eigenvalue weighted by Gasteiger charge is 2.34. The molecule has 1 heterocycles. The predicted octanol–water partition coefficient (Wildman–Crippen LogP) is 3.50. The molecule has 1 fully saturated rings. The average Bonchev–Trinajstić information content (AvgIpc) is 2.54. The Labute approximate surface area is 161 Å². The van der Waals surface area contributed by atoms with Crippen molar-refractivity contribution in [3.63, 3.8) is 0 Å². The molecule has 1 atom stereocenters. The predicted molar refractivity (Wildman–Crippen MR) is 103 cm³/mol. The third-order valence-corrected chi connectivity index (χ3v) is 6.44. The van der Waals surface area contributed by atoms with Crippen molar-refractivity contribution in [1.82, 2.24) is 9.21 Å². The first-order valence-electron chi connectivity index (χ1n) is 8.66. The van der Waals surface area contributed by atoms with Gasteiger partial charge in [0.05, 0.1) is 5.75 Å². The van der Waals surface area contributed by atoms with Crippen LogP contribution in [0.25, 0.3) is 0 Å². The van der Waals surface area contributed by atoms with Gasteiger partial charge in [0, 0.05) is 31.2 Å². The van der Waals surface area contributed by atoms with Gasteiger partial charge in [-0.15, -0.1) is 0 Å². The third kappa shape index (κ3) is 5.59. The molecule has 1 aromatic rings. The lowest BCUT2D eigenvalue weighted by Gasteiger charge is -2.37. The molecule has 6 nitrogen and oxygen atoms in total. The Hall–Kier alpha value is -1.31. The highest BCUT2D eigenvalue weighted by Crippen LogP contribution is 2.24. The van der Waals surface area contributed by atoms with Crippen molar-refractivity contribution in [2.75, 3.05) is 20.1 Å². The van der Waals surface area contributed by atoms with Gasteiger partial charge >= 0.3 is 6.09 Å². The van der Waals surface area contributed by atoms with Crippen LogP contribution < -0.4 is 0 Å². The summed E-state index contributed by atoms with van der Waals surface area (Å²) in [4.78, 5) is 13.8. The molecule has 1 amide bonds. The molecule has 0 saturated carbocycles. The first kappa shape index (κ1) is 21.0. The molecule has 0 aromatic heterocycles. The fourth-order valence-electron chi connectivity index (χ4n) is 2.88. The normalized spacial score (nSPS) is 19.2. The third-order valence-electron chi connectivity index (χ3n) is 4.28. The van der Waals surface area contributed by atoms with E-state index in [9.17, 15) is 13.2 Å². The molecular weight excluding hydrogens is 376 g/mol. The van der Waals surface area contributed by atoms with Crippen LogP contribution in [0, 0.1) is 0 Å². The Morgan fingerprint density at radius 2 is 2.00 bits per heavy atom. The van der Waals surface area contributed by atoms with Gasteiger partial charge in [0.2, 0.25) is 10.0 Å². The molecule has 146 valence electrons. The molecule has 0 spiro atoms. The van der Waals surface area contributed by atoms with Gasteiger partial charge in [0.1, 0.15) is 5.60 Å². The first-order chi connectivity index (χ1) is 12.0. The van der Waals surface area contributed by atoms with Crippen LogP contribution in [0.1, 0.15) is 39.2 Å². The second-order valence-electron chi connectivity index (χ2n) is 7.59. The van der Waals surface area contributed by atoms with E-state index in [0.717, 1.165) is 6.42 Å². The quantitative estimate of drug-likeness (QED) is 0.772. The number of carbonyl (C=O) groups is 1. The fourth-order valence-corrected chi connectivity index (χ4v) is 4.79. The van der Waals surface area contributed by atoms with E-state index in [2.05, 4.69) is 0 Å². The number of piperidine rings is 1. The molecule has 1 saturated heterocycles. The number of hydrogen-bond acceptors (Lipinski definition) is 4. The molecule has 26 heavy (non-hydrogen) atoms. The molecule has 1 aromatic carbocycles. The molecule has 0 unspecified atom stereocenters. The largest absolute Gasteiger partial charge is 0.444 e. The number of sulfonamides is 1. The summed E-state index contributed by atoms with van der Waals surface area (Å²) < 4.78 is 32.4. The van der Waals surface area contributed by atoms with Gasteiger partial charge in [0.15, 0.2) is 0 Å². The topological polar surface area (TPSA) is 66.9 Å². The number of nitrogens with zero attached hydrogens (tertiary/aromatic N) is 2. The van der Waals surface area contributed by atoms with Crippen LogP contribution in [-0.2, 0) is 20.5 Å². The van der Waals surface area contributed by atoms with Crippen LogP contribution >= 0.6 is 11.6 Å². The zero-order valence-electron chi connectivity index (χ0n) is 15.7. The van der Waals surface area contributed by atoms with Crippen LogP contribution in [0.5, 0.6) is 0 Å². The maximum absolute atomic E-state index is 12.8. The van der Waals surface area contributed by atoms with Crippen molar-refractivity contribution in [3.05, 3.63) is 34.9 Å².